The molecule has 2 N–H and O–H groups in total. The lowest BCUT2D eigenvalue weighted by Crippen LogP contribution is -2.41. The van der Waals surface area contributed by atoms with Crippen molar-refractivity contribution in [3.8, 4) is 17.2 Å². The van der Waals surface area contributed by atoms with Crippen molar-refractivity contribution in [3.05, 3.63) is 41.4 Å². The largest absolute Gasteiger partial charge is 0.383 e. The van der Waals surface area contributed by atoms with Gasteiger partial charge in [-0.25, -0.2) is 0 Å². The summed E-state index contributed by atoms with van der Waals surface area (Å²) in [6.07, 6.45) is 13.1. The van der Waals surface area contributed by atoms with Crippen molar-refractivity contribution in [1.29, 1.82) is 5.26 Å². The van der Waals surface area contributed by atoms with Crippen molar-refractivity contribution in [2.45, 2.75) is 64.0 Å². The van der Waals surface area contributed by atoms with Crippen molar-refractivity contribution in [2.75, 3.05) is 25.6 Å². The lowest BCUT2D eigenvalue weighted by molar-refractivity contribution is 0.158. The van der Waals surface area contributed by atoms with Gasteiger partial charge in [0.25, 0.3) is 0 Å². The van der Waals surface area contributed by atoms with Gasteiger partial charge in [-0.1, -0.05) is 11.6 Å². The molecule has 1 atom stereocenters. The molecule has 0 aromatic carbocycles. The monoisotopic (exact) mass is 467 g/mol. The average molecular weight is 468 g/mol. The summed E-state index contributed by atoms with van der Waals surface area (Å²) in [4.78, 5) is 9.02. The first-order chi connectivity index (χ1) is 16.0. The van der Waals surface area contributed by atoms with Crippen LogP contribution in [-0.4, -0.2) is 42.3 Å². The number of nitrogens with zero attached hydrogens (tertiary/aromatic N) is 3. The Hall–Kier alpha value is -2.20. The maximum absolute atomic E-state index is 9.30. The van der Waals surface area contributed by atoms with E-state index in [-0.39, 0.29) is 5.41 Å². The minimum absolute atomic E-state index is 0.201. The normalized spacial score (nSPS) is 22.4. The molecular formula is C26H34ClN5O. The van der Waals surface area contributed by atoms with E-state index in [0.717, 1.165) is 48.4 Å². The molecule has 33 heavy (non-hydrogen) atoms. The number of nitriles is 1. The second-order valence-electron chi connectivity index (χ2n) is 9.81. The van der Waals surface area contributed by atoms with Gasteiger partial charge in [0, 0.05) is 61.1 Å². The van der Waals surface area contributed by atoms with Crippen molar-refractivity contribution in [3.63, 3.8) is 0 Å². The van der Waals surface area contributed by atoms with Crippen LogP contribution in [0.4, 0.5) is 5.69 Å². The maximum Gasteiger partial charge on any atom is 0.0747 e. The molecule has 176 valence electrons. The Labute approximate surface area is 202 Å². The van der Waals surface area contributed by atoms with E-state index < -0.39 is 0 Å². The van der Waals surface area contributed by atoms with Crippen LogP contribution in [0.25, 0.3) is 11.1 Å². The van der Waals surface area contributed by atoms with Gasteiger partial charge in [0.2, 0.25) is 0 Å². The predicted molar refractivity (Wildman–Crippen MR) is 132 cm³/mol. The molecule has 0 radical (unpaired) electrons. The fourth-order valence-electron chi connectivity index (χ4n) is 4.78. The Bertz CT molecular complexity index is 979. The van der Waals surface area contributed by atoms with Gasteiger partial charge < -0.3 is 15.4 Å². The number of pyridine rings is 2. The van der Waals surface area contributed by atoms with Gasteiger partial charge in [-0.3, -0.25) is 9.97 Å². The van der Waals surface area contributed by atoms with Crippen LogP contribution in [0.15, 0.2) is 30.7 Å². The summed E-state index contributed by atoms with van der Waals surface area (Å²) in [6, 6.07) is 7.57. The van der Waals surface area contributed by atoms with E-state index in [1.165, 1.54) is 25.7 Å². The Morgan fingerprint density at radius 2 is 2.00 bits per heavy atom. The number of aromatic nitrogens is 2. The maximum atomic E-state index is 9.30. The highest BCUT2D eigenvalue weighted by Crippen LogP contribution is 2.44. The molecule has 2 fully saturated rings. The van der Waals surface area contributed by atoms with Gasteiger partial charge in [-0.15, -0.1) is 0 Å². The average Bonchev–Trinajstić information content (AvgIpc) is 3.61. The molecule has 4 rings (SSSR count). The van der Waals surface area contributed by atoms with Crippen LogP contribution in [0.5, 0.6) is 0 Å². The number of hydrogen-bond donors (Lipinski definition) is 2. The predicted octanol–water partition coefficient (Wildman–Crippen LogP) is 5.24. The number of rotatable bonds is 10. The number of hydrogen-bond acceptors (Lipinski definition) is 6. The highest BCUT2D eigenvalue weighted by atomic mass is 35.5. The second kappa shape index (κ2) is 10.8. The van der Waals surface area contributed by atoms with Crippen LogP contribution in [0.2, 0.25) is 5.02 Å². The summed E-state index contributed by atoms with van der Waals surface area (Å²) in [5.74, 6) is 0.647. The van der Waals surface area contributed by atoms with Crippen molar-refractivity contribution in [1.82, 2.24) is 15.3 Å². The first kappa shape index (κ1) is 23.9. The summed E-state index contributed by atoms with van der Waals surface area (Å²) in [5, 5.41) is 17.0. The van der Waals surface area contributed by atoms with E-state index in [4.69, 9.17) is 16.3 Å². The summed E-state index contributed by atoms with van der Waals surface area (Å²) < 4.78 is 5.24. The Morgan fingerprint density at radius 1 is 1.21 bits per heavy atom. The first-order valence-electron chi connectivity index (χ1n) is 12.0. The molecule has 2 heterocycles. The third-order valence-corrected chi connectivity index (χ3v) is 7.27. The third-order valence-electron chi connectivity index (χ3n) is 6.96. The minimum Gasteiger partial charge on any atom is -0.383 e. The van der Waals surface area contributed by atoms with E-state index in [1.54, 1.807) is 19.5 Å². The molecule has 2 aliphatic carbocycles. The van der Waals surface area contributed by atoms with Crippen molar-refractivity contribution < 1.29 is 4.74 Å². The summed E-state index contributed by atoms with van der Waals surface area (Å²) in [7, 11) is 1.75. The standard InChI is InChI=1S/C26H34ClN5O/c1-18(15-33-2)32-21-5-3-19(4-6-21)9-22-11-24(25(27)14-30-22)20-10-23(13-29-12-20)31-17-26(16-28)7-8-26/h10-14,18-19,21,31-32H,3-9,15,17H2,1-2H3/t18-,19?,21?/m0/s1. The highest BCUT2D eigenvalue weighted by Gasteiger charge is 2.42. The quantitative estimate of drug-likeness (QED) is 0.497. The van der Waals surface area contributed by atoms with Crippen LogP contribution < -0.4 is 10.6 Å². The first-order valence-corrected chi connectivity index (χ1v) is 12.4. The van der Waals surface area contributed by atoms with Gasteiger partial charge >= 0.3 is 0 Å². The van der Waals surface area contributed by atoms with E-state index >= 15 is 0 Å². The zero-order chi connectivity index (χ0) is 23.3. The number of halogens is 1. The van der Waals surface area contributed by atoms with Crippen LogP contribution in [0.1, 0.15) is 51.1 Å². The van der Waals surface area contributed by atoms with Crippen molar-refractivity contribution >= 4 is 17.3 Å². The molecule has 0 aliphatic heterocycles. The molecular weight excluding hydrogens is 434 g/mol. The summed E-state index contributed by atoms with van der Waals surface area (Å²) in [5.41, 5.74) is 3.72. The zero-order valence-corrected chi connectivity index (χ0v) is 20.4. The number of nitrogens with one attached hydrogen (secondary N) is 2. The van der Waals surface area contributed by atoms with Crippen LogP contribution >= 0.6 is 11.6 Å². The minimum atomic E-state index is -0.201. The molecule has 0 saturated heterocycles. The van der Waals surface area contributed by atoms with E-state index in [0.29, 0.717) is 29.6 Å². The molecule has 2 saturated carbocycles. The second-order valence-corrected chi connectivity index (χ2v) is 10.2. The number of anilines is 1. The molecule has 0 spiro atoms. The molecule has 2 aromatic heterocycles. The molecule has 0 bridgehead atoms. The Balaban J connectivity index is 1.37. The van der Waals surface area contributed by atoms with Gasteiger partial charge in [0.15, 0.2) is 0 Å². The van der Waals surface area contributed by atoms with Crippen LogP contribution in [0.3, 0.4) is 0 Å². The lowest BCUT2D eigenvalue weighted by Gasteiger charge is -2.31. The lowest BCUT2D eigenvalue weighted by atomic mass is 9.83. The Morgan fingerprint density at radius 3 is 2.70 bits per heavy atom. The molecule has 2 aliphatic rings. The van der Waals surface area contributed by atoms with E-state index in [9.17, 15) is 5.26 Å². The van der Waals surface area contributed by atoms with E-state index in [2.05, 4.69) is 45.7 Å². The van der Waals surface area contributed by atoms with Gasteiger partial charge in [-0.05, 0) is 69.9 Å². The van der Waals surface area contributed by atoms with Crippen molar-refractivity contribution in [2.24, 2.45) is 11.3 Å². The molecule has 2 aromatic rings. The Kier molecular flexibility index (Phi) is 7.85. The SMILES string of the molecule is COC[C@H](C)NC1CCC(Cc2cc(-c3cncc(NCC4(C#N)CC4)c3)c(Cl)cn2)CC1. The van der Waals surface area contributed by atoms with Crippen LogP contribution in [-0.2, 0) is 11.2 Å². The van der Waals surface area contributed by atoms with Gasteiger partial charge in [0.1, 0.15) is 0 Å². The zero-order valence-electron chi connectivity index (χ0n) is 19.6. The molecule has 7 heteroatoms. The molecule has 0 amide bonds. The third kappa shape index (κ3) is 6.44. The number of ether oxygens (including phenoxy) is 1. The van der Waals surface area contributed by atoms with Crippen LogP contribution in [0, 0.1) is 22.7 Å². The topological polar surface area (TPSA) is 82.9 Å². The van der Waals surface area contributed by atoms with Gasteiger partial charge in [0.05, 0.1) is 28.8 Å². The smallest absolute Gasteiger partial charge is 0.0747 e. The number of methoxy groups -OCH3 is 1. The fraction of sp³-hybridized carbons (Fsp3) is 0.577. The van der Waals surface area contributed by atoms with Gasteiger partial charge in [-0.2, -0.15) is 5.26 Å². The summed E-state index contributed by atoms with van der Waals surface area (Å²) in [6.45, 7) is 3.59. The fourth-order valence-corrected chi connectivity index (χ4v) is 4.99. The summed E-state index contributed by atoms with van der Waals surface area (Å²) >= 11 is 6.53. The molecule has 6 nitrogen and oxygen atoms in total. The molecule has 0 unspecified atom stereocenters. The van der Waals surface area contributed by atoms with E-state index in [1.807, 2.05) is 6.20 Å². The highest BCUT2D eigenvalue weighted by molar-refractivity contribution is 6.33.